The number of benzene rings is 2. The summed E-state index contributed by atoms with van der Waals surface area (Å²) in [5.74, 6) is -0.165. The van der Waals surface area contributed by atoms with Crippen LogP contribution in [0.1, 0.15) is 93.3 Å². The first-order chi connectivity index (χ1) is 19.6. The van der Waals surface area contributed by atoms with E-state index in [1.807, 2.05) is 39.0 Å². The monoisotopic (exact) mass is 584 g/mol. The smallest absolute Gasteiger partial charge is 0.168 e. The van der Waals surface area contributed by atoms with Gasteiger partial charge in [-0.05, 0) is 94.7 Å². The van der Waals surface area contributed by atoms with Crippen molar-refractivity contribution in [3.8, 4) is 11.1 Å². The van der Waals surface area contributed by atoms with Crippen molar-refractivity contribution in [2.75, 3.05) is 0 Å². The Kier molecular flexibility index (Phi) is 9.00. The summed E-state index contributed by atoms with van der Waals surface area (Å²) in [5, 5.41) is 0. The summed E-state index contributed by atoms with van der Waals surface area (Å²) >= 11 is 1.63. The van der Waals surface area contributed by atoms with Crippen LogP contribution in [0.2, 0.25) is 0 Å². The summed E-state index contributed by atoms with van der Waals surface area (Å²) in [7, 11) is 0. The molecule has 0 N–H and O–H groups in total. The van der Waals surface area contributed by atoms with Crippen LogP contribution in [0.25, 0.3) is 22.3 Å². The van der Waals surface area contributed by atoms with Crippen molar-refractivity contribution in [1.29, 1.82) is 0 Å². The number of allylic oxidation sites excluding steroid dienone is 2. The van der Waals surface area contributed by atoms with Crippen LogP contribution in [-0.4, -0.2) is 11.6 Å². The molecule has 2 aromatic carbocycles. The van der Waals surface area contributed by atoms with Crippen molar-refractivity contribution >= 4 is 34.0 Å². The summed E-state index contributed by atoms with van der Waals surface area (Å²) in [6.45, 7) is 25.1. The van der Waals surface area contributed by atoms with Gasteiger partial charge in [0.05, 0.1) is 0 Å². The minimum absolute atomic E-state index is 0.00789. The molecule has 1 saturated carbocycles. The van der Waals surface area contributed by atoms with E-state index < -0.39 is 5.41 Å². The maximum Gasteiger partial charge on any atom is 0.168 e. The minimum atomic E-state index is -0.519. The molecule has 0 spiro atoms. The van der Waals surface area contributed by atoms with Crippen LogP contribution >= 0.6 is 11.3 Å². The Bertz CT molecular complexity index is 1540. The molecule has 0 bridgehead atoms. The molecule has 0 amide bonds. The number of ketones is 2. The van der Waals surface area contributed by atoms with Gasteiger partial charge in [-0.25, -0.2) is 4.39 Å². The van der Waals surface area contributed by atoms with E-state index in [0.29, 0.717) is 16.7 Å². The normalized spacial score (nSPS) is 18.6. The fraction of sp³-hybridized carbons (Fsp3) is 0.421. The van der Waals surface area contributed by atoms with E-state index >= 15 is 4.39 Å². The Morgan fingerprint density at radius 2 is 1.71 bits per heavy atom. The SMILES string of the molecule is C=C(C(=O)Cc1sc(C(C)(C)C)cc1C(=C)C1CCC(C)C(=O)C1(C)C)c1cc(F)c(C)c(-c2ccc(CC)cc2)c1. The first-order valence-corrected chi connectivity index (χ1v) is 15.9. The van der Waals surface area contributed by atoms with E-state index in [4.69, 9.17) is 0 Å². The Morgan fingerprint density at radius 1 is 1.07 bits per heavy atom. The van der Waals surface area contributed by atoms with E-state index in [-0.39, 0.29) is 41.1 Å². The van der Waals surface area contributed by atoms with E-state index in [2.05, 4.69) is 59.1 Å². The number of hydrogen-bond acceptors (Lipinski definition) is 3. The quantitative estimate of drug-likeness (QED) is 0.247. The van der Waals surface area contributed by atoms with Crippen molar-refractivity contribution in [2.24, 2.45) is 17.3 Å². The molecular weight excluding hydrogens is 539 g/mol. The predicted molar refractivity (Wildman–Crippen MR) is 176 cm³/mol. The predicted octanol–water partition coefficient (Wildman–Crippen LogP) is 10.2. The van der Waals surface area contributed by atoms with Crippen LogP contribution in [-0.2, 0) is 27.8 Å². The highest BCUT2D eigenvalue weighted by Gasteiger charge is 2.44. The van der Waals surface area contributed by atoms with E-state index in [9.17, 15) is 9.59 Å². The number of halogens is 1. The van der Waals surface area contributed by atoms with Crippen LogP contribution in [0, 0.1) is 30.0 Å². The van der Waals surface area contributed by atoms with Crippen LogP contribution in [0.3, 0.4) is 0 Å². The molecule has 2 nitrogen and oxygen atoms in total. The molecule has 222 valence electrons. The highest BCUT2D eigenvalue weighted by Crippen LogP contribution is 2.49. The van der Waals surface area contributed by atoms with Gasteiger partial charge in [-0.2, -0.15) is 0 Å². The molecule has 1 fully saturated rings. The molecule has 1 aromatic heterocycles. The second-order valence-electron chi connectivity index (χ2n) is 13.6. The molecule has 2 atom stereocenters. The number of thiophene rings is 1. The third-order valence-electron chi connectivity index (χ3n) is 9.18. The summed E-state index contributed by atoms with van der Waals surface area (Å²) in [4.78, 5) is 29.0. The standard InChI is InChI=1S/C38H45FO2S/c1-11-26-13-15-27(16-14-26)29-18-28(19-32(39)25(29)5)23(3)33(40)21-34-30(20-35(42-34)37(6,7)8)24(4)31-17-12-22(2)36(41)38(31,9)10/h13-16,18-20,22,31H,3-4,11-12,17,21H2,1-2,5-10H3. The third kappa shape index (κ3) is 6.15. The molecule has 0 saturated heterocycles. The molecule has 2 unspecified atom stereocenters. The summed E-state index contributed by atoms with van der Waals surface area (Å²) in [5.41, 5.74) is 5.51. The fourth-order valence-electron chi connectivity index (χ4n) is 6.20. The van der Waals surface area contributed by atoms with Gasteiger partial charge in [0.2, 0.25) is 0 Å². The molecule has 1 heterocycles. The van der Waals surface area contributed by atoms with Crippen molar-refractivity contribution in [2.45, 2.75) is 86.5 Å². The lowest BCUT2D eigenvalue weighted by atomic mass is 9.61. The minimum Gasteiger partial charge on any atom is -0.299 e. The Hall–Kier alpha value is -3.11. The first-order valence-electron chi connectivity index (χ1n) is 15.0. The van der Waals surface area contributed by atoms with Crippen LogP contribution in [0.15, 0.2) is 55.6 Å². The van der Waals surface area contributed by atoms with E-state index in [0.717, 1.165) is 46.4 Å². The first kappa shape index (κ1) is 31.8. The van der Waals surface area contributed by atoms with Crippen molar-refractivity contribution in [1.82, 2.24) is 0 Å². The van der Waals surface area contributed by atoms with Crippen LogP contribution < -0.4 is 0 Å². The van der Waals surface area contributed by atoms with E-state index in [1.54, 1.807) is 18.3 Å². The highest BCUT2D eigenvalue weighted by molar-refractivity contribution is 7.12. The maximum atomic E-state index is 15.2. The number of rotatable bonds is 8. The number of carbonyl (C=O) groups is 2. The van der Waals surface area contributed by atoms with Gasteiger partial charge in [-0.3, -0.25) is 9.59 Å². The average molecular weight is 585 g/mol. The zero-order valence-corrected chi connectivity index (χ0v) is 27.4. The molecule has 3 aromatic rings. The number of hydrogen-bond donors (Lipinski definition) is 0. The Labute approximate surface area is 255 Å². The molecule has 4 heteroatoms. The van der Waals surface area contributed by atoms with Gasteiger partial charge in [0.1, 0.15) is 11.6 Å². The van der Waals surface area contributed by atoms with Crippen molar-refractivity contribution in [3.05, 3.63) is 93.4 Å². The molecule has 42 heavy (non-hydrogen) atoms. The second kappa shape index (κ2) is 11.9. The average Bonchev–Trinajstić information content (AvgIpc) is 3.37. The van der Waals surface area contributed by atoms with Crippen LogP contribution in [0.4, 0.5) is 4.39 Å². The Balaban J connectivity index is 1.68. The maximum absolute atomic E-state index is 15.2. The second-order valence-corrected chi connectivity index (χ2v) is 14.7. The van der Waals surface area contributed by atoms with Crippen LogP contribution in [0.5, 0.6) is 0 Å². The van der Waals surface area contributed by atoms with Gasteiger partial charge >= 0.3 is 0 Å². The van der Waals surface area contributed by atoms with Gasteiger partial charge in [0.15, 0.2) is 5.78 Å². The van der Waals surface area contributed by atoms with Gasteiger partial charge in [-0.15, -0.1) is 11.3 Å². The summed E-state index contributed by atoms with van der Waals surface area (Å²) in [6, 6.07) is 13.6. The fourth-order valence-corrected chi connectivity index (χ4v) is 7.45. The van der Waals surface area contributed by atoms with E-state index in [1.165, 1.54) is 16.5 Å². The molecule has 1 aliphatic rings. The third-order valence-corrected chi connectivity index (χ3v) is 10.7. The number of aryl methyl sites for hydroxylation is 1. The van der Waals surface area contributed by atoms with Gasteiger partial charge in [0.25, 0.3) is 0 Å². The van der Waals surface area contributed by atoms with Crippen molar-refractivity contribution in [3.63, 3.8) is 0 Å². The lowest BCUT2D eigenvalue weighted by Gasteiger charge is -2.41. The lowest BCUT2D eigenvalue weighted by molar-refractivity contribution is -0.135. The molecule has 4 rings (SSSR count). The Morgan fingerprint density at radius 3 is 2.31 bits per heavy atom. The zero-order chi connectivity index (χ0) is 31.1. The topological polar surface area (TPSA) is 34.1 Å². The summed E-state index contributed by atoms with van der Waals surface area (Å²) < 4.78 is 15.2. The molecular formula is C38H45FO2S. The molecule has 0 aliphatic heterocycles. The van der Waals surface area contributed by atoms with Gasteiger partial charge < -0.3 is 0 Å². The van der Waals surface area contributed by atoms with Crippen molar-refractivity contribution < 1.29 is 14.0 Å². The van der Waals surface area contributed by atoms with Gasteiger partial charge in [0, 0.05) is 33.1 Å². The summed E-state index contributed by atoms with van der Waals surface area (Å²) in [6.07, 6.45) is 2.82. The largest absolute Gasteiger partial charge is 0.299 e. The molecule has 0 radical (unpaired) electrons. The highest BCUT2D eigenvalue weighted by atomic mass is 32.1. The van der Waals surface area contributed by atoms with Gasteiger partial charge in [-0.1, -0.05) is 85.9 Å². The molecule has 1 aliphatic carbocycles. The zero-order valence-electron chi connectivity index (χ0n) is 26.5. The number of carbonyl (C=O) groups excluding carboxylic acids is 2. The number of Topliss-reactive ketones (excluding diaryl/α,β-unsaturated/α-hetero) is 2. The lowest BCUT2D eigenvalue weighted by Crippen LogP contribution is -2.41.